The lowest BCUT2D eigenvalue weighted by molar-refractivity contribution is -0.128. The largest absolute Gasteiger partial charge is 0.342 e. The molecule has 0 aliphatic carbocycles. The normalized spacial score (nSPS) is 10.1. The molecule has 0 rings (SSSR count). The van der Waals surface area contributed by atoms with Gasteiger partial charge in [-0.25, -0.2) is 0 Å². The van der Waals surface area contributed by atoms with Crippen LogP contribution in [0, 0.1) is 0 Å². The van der Waals surface area contributed by atoms with Gasteiger partial charge < -0.3 is 10.2 Å². The summed E-state index contributed by atoms with van der Waals surface area (Å²) in [5.41, 5.74) is 0. The predicted octanol–water partition coefficient (Wildman–Crippen LogP) is 1.24. The molecule has 0 bridgehead atoms. The minimum Gasteiger partial charge on any atom is -0.342 e. The lowest BCUT2D eigenvalue weighted by Crippen LogP contribution is -2.36. The van der Waals surface area contributed by atoms with Crippen molar-refractivity contribution in [3.05, 3.63) is 0 Å². The number of hydrogen-bond donors (Lipinski definition) is 1. The minimum atomic E-state index is 0.181. The van der Waals surface area contributed by atoms with Crippen LogP contribution in [0.5, 0.6) is 0 Å². The van der Waals surface area contributed by atoms with Crippen LogP contribution >= 0.6 is 0 Å². The third kappa shape index (κ3) is 6.58. The first kappa shape index (κ1) is 12.4. The van der Waals surface area contributed by atoms with Crippen molar-refractivity contribution in [2.24, 2.45) is 0 Å². The van der Waals surface area contributed by atoms with Gasteiger partial charge in [-0.2, -0.15) is 0 Å². The van der Waals surface area contributed by atoms with Gasteiger partial charge in [0, 0.05) is 26.6 Å². The van der Waals surface area contributed by atoms with E-state index in [0.717, 1.165) is 39.0 Å². The molecule has 0 spiro atoms. The summed E-state index contributed by atoms with van der Waals surface area (Å²) in [4.78, 5) is 13.0. The number of hydrogen-bond acceptors (Lipinski definition) is 2. The molecule has 0 aromatic heterocycles. The second kappa shape index (κ2) is 8.05. The number of rotatable bonds is 7. The van der Waals surface area contributed by atoms with Crippen molar-refractivity contribution < 1.29 is 4.79 Å². The third-order valence-corrected chi connectivity index (χ3v) is 1.92. The van der Waals surface area contributed by atoms with Gasteiger partial charge in [0.15, 0.2) is 0 Å². The fourth-order valence-corrected chi connectivity index (χ4v) is 1.21. The van der Waals surface area contributed by atoms with E-state index in [2.05, 4.69) is 19.2 Å². The fourth-order valence-electron chi connectivity index (χ4n) is 1.21. The molecule has 0 unspecified atom stereocenters. The van der Waals surface area contributed by atoms with E-state index in [4.69, 9.17) is 0 Å². The smallest absolute Gasteiger partial charge is 0.219 e. The summed E-state index contributed by atoms with van der Waals surface area (Å²) in [5, 5.41) is 3.28. The lowest BCUT2D eigenvalue weighted by Gasteiger charge is -2.20. The van der Waals surface area contributed by atoms with Crippen LogP contribution in [0.3, 0.4) is 0 Å². The number of carbonyl (C=O) groups excluding carboxylic acids is 1. The molecule has 1 N–H and O–H groups in total. The van der Waals surface area contributed by atoms with Crippen LogP contribution < -0.4 is 5.32 Å². The van der Waals surface area contributed by atoms with Crippen molar-refractivity contribution in [1.82, 2.24) is 10.2 Å². The Morgan fingerprint density at radius 1 is 1.15 bits per heavy atom. The van der Waals surface area contributed by atoms with Crippen LogP contribution in [-0.2, 0) is 4.79 Å². The van der Waals surface area contributed by atoms with E-state index in [-0.39, 0.29) is 5.91 Å². The Labute approximate surface area is 81.5 Å². The van der Waals surface area contributed by atoms with Gasteiger partial charge in [-0.3, -0.25) is 4.79 Å². The SMILES string of the molecule is CCCNCCN(CCC)C(C)=O. The first-order valence-corrected chi connectivity index (χ1v) is 5.18. The average molecular weight is 186 g/mol. The van der Waals surface area contributed by atoms with Crippen molar-refractivity contribution >= 4 is 5.91 Å². The van der Waals surface area contributed by atoms with Crippen LogP contribution in [0.15, 0.2) is 0 Å². The van der Waals surface area contributed by atoms with Crippen LogP contribution in [-0.4, -0.2) is 37.0 Å². The Morgan fingerprint density at radius 2 is 1.85 bits per heavy atom. The van der Waals surface area contributed by atoms with E-state index >= 15 is 0 Å². The molecule has 0 aromatic carbocycles. The first-order chi connectivity index (χ1) is 6.22. The summed E-state index contributed by atoms with van der Waals surface area (Å²) in [6, 6.07) is 0. The maximum Gasteiger partial charge on any atom is 0.219 e. The summed E-state index contributed by atoms with van der Waals surface area (Å²) in [6.45, 7) is 9.53. The zero-order chi connectivity index (χ0) is 10.1. The molecule has 78 valence electrons. The van der Waals surface area contributed by atoms with Gasteiger partial charge in [0.2, 0.25) is 5.91 Å². The van der Waals surface area contributed by atoms with Gasteiger partial charge in [-0.1, -0.05) is 13.8 Å². The molecule has 3 nitrogen and oxygen atoms in total. The average Bonchev–Trinajstić information content (AvgIpc) is 2.10. The minimum absolute atomic E-state index is 0.181. The molecule has 0 radical (unpaired) electrons. The maximum atomic E-state index is 11.1. The van der Waals surface area contributed by atoms with Gasteiger partial charge >= 0.3 is 0 Å². The number of nitrogens with one attached hydrogen (secondary N) is 1. The van der Waals surface area contributed by atoms with Crippen molar-refractivity contribution in [2.45, 2.75) is 33.6 Å². The molecule has 0 saturated heterocycles. The molecule has 3 heteroatoms. The molecule has 1 amide bonds. The Kier molecular flexibility index (Phi) is 7.69. The van der Waals surface area contributed by atoms with E-state index in [9.17, 15) is 4.79 Å². The summed E-state index contributed by atoms with van der Waals surface area (Å²) in [5.74, 6) is 0.181. The molecule has 0 heterocycles. The topological polar surface area (TPSA) is 32.3 Å². The van der Waals surface area contributed by atoms with Crippen molar-refractivity contribution in [3.8, 4) is 0 Å². The summed E-state index contributed by atoms with van der Waals surface area (Å²) >= 11 is 0. The van der Waals surface area contributed by atoms with Gasteiger partial charge in [-0.05, 0) is 19.4 Å². The molecule has 0 atom stereocenters. The molecular weight excluding hydrogens is 164 g/mol. The first-order valence-electron chi connectivity index (χ1n) is 5.18. The Morgan fingerprint density at radius 3 is 2.31 bits per heavy atom. The number of amides is 1. The quantitative estimate of drug-likeness (QED) is 0.607. The monoisotopic (exact) mass is 186 g/mol. The highest BCUT2D eigenvalue weighted by atomic mass is 16.2. The van der Waals surface area contributed by atoms with Gasteiger partial charge in [0.25, 0.3) is 0 Å². The maximum absolute atomic E-state index is 11.1. The summed E-state index contributed by atoms with van der Waals surface area (Å²) < 4.78 is 0. The van der Waals surface area contributed by atoms with Crippen LogP contribution in [0.4, 0.5) is 0 Å². The molecule has 0 aliphatic rings. The Hall–Kier alpha value is -0.570. The second-order valence-electron chi connectivity index (χ2n) is 3.26. The Bertz CT molecular complexity index is 137. The van der Waals surface area contributed by atoms with Gasteiger partial charge in [-0.15, -0.1) is 0 Å². The molecule has 0 fully saturated rings. The Balaban J connectivity index is 3.51. The predicted molar refractivity (Wildman–Crippen MR) is 55.7 cm³/mol. The number of nitrogens with zero attached hydrogens (tertiary/aromatic N) is 1. The van der Waals surface area contributed by atoms with Crippen molar-refractivity contribution in [1.29, 1.82) is 0 Å². The zero-order valence-corrected chi connectivity index (χ0v) is 9.10. The molecule has 13 heavy (non-hydrogen) atoms. The van der Waals surface area contributed by atoms with E-state index < -0.39 is 0 Å². The highest BCUT2D eigenvalue weighted by Crippen LogP contribution is 1.90. The van der Waals surface area contributed by atoms with E-state index in [1.54, 1.807) is 6.92 Å². The van der Waals surface area contributed by atoms with Crippen LogP contribution in [0.25, 0.3) is 0 Å². The molecule has 0 aliphatic heterocycles. The lowest BCUT2D eigenvalue weighted by atomic mass is 10.4. The summed E-state index contributed by atoms with van der Waals surface area (Å²) in [6.07, 6.45) is 2.18. The molecule has 0 saturated carbocycles. The second-order valence-corrected chi connectivity index (χ2v) is 3.26. The van der Waals surface area contributed by atoms with E-state index in [1.807, 2.05) is 4.90 Å². The standard InChI is InChI=1S/C10H22N2O/c1-4-6-11-7-9-12(8-5-2)10(3)13/h11H,4-9H2,1-3H3. The molecular formula is C10H22N2O. The highest BCUT2D eigenvalue weighted by molar-refractivity contribution is 5.73. The van der Waals surface area contributed by atoms with Gasteiger partial charge in [0.1, 0.15) is 0 Å². The van der Waals surface area contributed by atoms with Crippen LogP contribution in [0.2, 0.25) is 0 Å². The zero-order valence-electron chi connectivity index (χ0n) is 9.10. The highest BCUT2D eigenvalue weighted by Gasteiger charge is 2.05. The molecule has 0 aromatic rings. The third-order valence-electron chi connectivity index (χ3n) is 1.92. The summed E-state index contributed by atoms with van der Waals surface area (Å²) in [7, 11) is 0. The van der Waals surface area contributed by atoms with Gasteiger partial charge in [0.05, 0.1) is 0 Å². The van der Waals surface area contributed by atoms with Crippen molar-refractivity contribution in [3.63, 3.8) is 0 Å². The number of carbonyl (C=O) groups is 1. The fraction of sp³-hybridized carbons (Fsp3) is 0.900. The van der Waals surface area contributed by atoms with Crippen LogP contribution in [0.1, 0.15) is 33.6 Å². The van der Waals surface area contributed by atoms with E-state index in [0.29, 0.717) is 0 Å². The van der Waals surface area contributed by atoms with Crippen molar-refractivity contribution in [2.75, 3.05) is 26.2 Å². The van der Waals surface area contributed by atoms with E-state index in [1.165, 1.54) is 0 Å².